The van der Waals surface area contributed by atoms with E-state index in [1.807, 2.05) is 6.92 Å². The summed E-state index contributed by atoms with van der Waals surface area (Å²) in [5.74, 6) is 1.61. The lowest BCUT2D eigenvalue weighted by Crippen LogP contribution is -2.18. The monoisotopic (exact) mass is 342 g/mol. The van der Waals surface area contributed by atoms with Crippen molar-refractivity contribution in [2.45, 2.75) is 13.5 Å². The summed E-state index contributed by atoms with van der Waals surface area (Å²) in [5, 5.41) is 6.62. The predicted molar refractivity (Wildman–Crippen MR) is 90.1 cm³/mol. The van der Waals surface area contributed by atoms with Crippen molar-refractivity contribution in [3.8, 4) is 17.3 Å². The van der Waals surface area contributed by atoms with Crippen molar-refractivity contribution in [1.82, 2.24) is 5.16 Å². The van der Waals surface area contributed by atoms with Gasteiger partial charge in [0.1, 0.15) is 18.1 Å². The summed E-state index contributed by atoms with van der Waals surface area (Å²) < 4.78 is 21.1. The van der Waals surface area contributed by atoms with Gasteiger partial charge >= 0.3 is 0 Å². The van der Waals surface area contributed by atoms with Crippen LogP contribution in [0, 0.1) is 0 Å². The summed E-state index contributed by atoms with van der Waals surface area (Å²) in [7, 11) is 0. The van der Waals surface area contributed by atoms with Crippen molar-refractivity contribution >= 4 is 11.6 Å². The maximum absolute atomic E-state index is 11.9. The molecule has 0 aliphatic rings. The Morgan fingerprint density at radius 3 is 2.76 bits per heavy atom. The fourth-order valence-corrected chi connectivity index (χ4v) is 2.16. The number of furan rings is 1. The molecule has 2 aromatic heterocycles. The Kier molecular flexibility index (Phi) is 5.48. The Morgan fingerprint density at radius 1 is 1.20 bits per heavy atom. The number of amides is 1. The van der Waals surface area contributed by atoms with Gasteiger partial charge in [-0.1, -0.05) is 5.16 Å². The van der Waals surface area contributed by atoms with E-state index < -0.39 is 0 Å². The first-order valence-electron chi connectivity index (χ1n) is 7.84. The molecule has 1 aromatic carbocycles. The minimum Gasteiger partial charge on any atom is -0.494 e. The first kappa shape index (κ1) is 16.8. The summed E-state index contributed by atoms with van der Waals surface area (Å²) in [5.41, 5.74) is 1.26. The second-order valence-corrected chi connectivity index (χ2v) is 5.16. The summed E-state index contributed by atoms with van der Waals surface area (Å²) in [4.78, 5) is 11.9. The maximum Gasteiger partial charge on any atom is 0.250 e. The van der Waals surface area contributed by atoms with Crippen molar-refractivity contribution in [3.05, 3.63) is 54.4 Å². The van der Waals surface area contributed by atoms with E-state index in [9.17, 15) is 4.79 Å². The highest BCUT2D eigenvalue weighted by Crippen LogP contribution is 2.20. The van der Waals surface area contributed by atoms with Crippen LogP contribution < -0.4 is 10.1 Å². The third-order valence-electron chi connectivity index (χ3n) is 3.26. The zero-order valence-corrected chi connectivity index (χ0v) is 13.7. The van der Waals surface area contributed by atoms with Gasteiger partial charge in [0, 0.05) is 11.8 Å². The van der Waals surface area contributed by atoms with E-state index >= 15 is 0 Å². The van der Waals surface area contributed by atoms with Crippen molar-refractivity contribution in [2.24, 2.45) is 0 Å². The van der Waals surface area contributed by atoms with Gasteiger partial charge < -0.3 is 23.7 Å². The van der Waals surface area contributed by atoms with Crippen LogP contribution in [-0.2, 0) is 16.1 Å². The second-order valence-electron chi connectivity index (χ2n) is 5.16. The Bertz CT molecular complexity index is 793. The molecule has 0 unspecified atom stereocenters. The molecular formula is C18H18N2O5. The van der Waals surface area contributed by atoms with Gasteiger partial charge in [-0.15, -0.1) is 0 Å². The van der Waals surface area contributed by atoms with Gasteiger partial charge in [0.05, 0.1) is 19.5 Å². The highest BCUT2D eigenvalue weighted by atomic mass is 16.5. The third-order valence-corrected chi connectivity index (χ3v) is 3.26. The Labute approximate surface area is 144 Å². The van der Waals surface area contributed by atoms with Crippen molar-refractivity contribution in [3.63, 3.8) is 0 Å². The first-order chi connectivity index (χ1) is 12.2. The number of carbonyl (C=O) groups is 1. The molecule has 3 rings (SSSR count). The summed E-state index contributed by atoms with van der Waals surface area (Å²) >= 11 is 0. The van der Waals surface area contributed by atoms with Crippen LogP contribution in [0.15, 0.2) is 57.7 Å². The molecule has 1 N–H and O–H groups in total. The fourth-order valence-electron chi connectivity index (χ4n) is 2.16. The SMILES string of the molecule is CCOc1ccc(NC(=O)COCc2cc(-c3ccco3)on2)cc1. The molecule has 1 amide bonds. The molecule has 0 aliphatic carbocycles. The number of carbonyl (C=O) groups excluding carboxylic acids is 1. The van der Waals surface area contributed by atoms with Crippen molar-refractivity contribution < 1.29 is 23.2 Å². The molecule has 0 spiro atoms. The smallest absolute Gasteiger partial charge is 0.250 e. The van der Waals surface area contributed by atoms with Crippen molar-refractivity contribution in [2.75, 3.05) is 18.5 Å². The van der Waals surface area contributed by atoms with E-state index in [0.717, 1.165) is 5.75 Å². The number of benzene rings is 1. The first-order valence-corrected chi connectivity index (χ1v) is 7.84. The quantitative estimate of drug-likeness (QED) is 0.674. The number of nitrogens with one attached hydrogen (secondary N) is 1. The highest BCUT2D eigenvalue weighted by molar-refractivity contribution is 5.91. The largest absolute Gasteiger partial charge is 0.494 e. The number of rotatable bonds is 8. The van der Waals surface area contributed by atoms with Crippen LogP contribution in [0.2, 0.25) is 0 Å². The van der Waals surface area contributed by atoms with Crippen molar-refractivity contribution in [1.29, 1.82) is 0 Å². The van der Waals surface area contributed by atoms with Gasteiger partial charge in [0.15, 0.2) is 5.76 Å². The van der Waals surface area contributed by atoms with E-state index in [-0.39, 0.29) is 19.1 Å². The van der Waals surface area contributed by atoms with Gasteiger partial charge in [-0.25, -0.2) is 0 Å². The molecular weight excluding hydrogens is 324 g/mol. The van der Waals surface area contributed by atoms with Crippen LogP contribution in [0.4, 0.5) is 5.69 Å². The highest BCUT2D eigenvalue weighted by Gasteiger charge is 2.10. The minimum absolute atomic E-state index is 0.0871. The number of nitrogens with zero attached hydrogens (tertiary/aromatic N) is 1. The average Bonchev–Trinajstić information content (AvgIpc) is 3.28. The standard InChI is InChI=1S/C18H18N2O5/c1-2-23-15-7-5-13(6-8-15)19-18(21)12-22-11-14-10-17(25-20-14)16-4-3-9-24-16/h3-10H,2,11-12H2,1H3,(H,19,21). The maximum atomic E-state index is 11.9. The lowest BCUT2D eigenvalue weighted by atomic mass is 10.3. The Morgan fingerprint density at radius 2 is 2.04 bits per heavy atom. The van der Waals surface area contributed by atoms with Gasteiger partial charge in [0.25, 0.3) is 0 Å². The molecule has 0 saturated heterocycles. The summed E-state index contributed by atoms with van der Waals surface area (Å²) in [6.07, 6.45) is 1.55. The predicted octanol–water partition coefficient (Wildman–Crippen LogP) is 3.49. The Hall–Kier alpha value is -3.06. The molecule has 0 aliphatic heterocycles. The molecule has 0 radical (unpaired) electrons. The average molecular weight is 342 g/mol. The lowest BCUT2D eigenvalue weighted by molar-refractivity contribution is -0.121. The summed E-state index contributed by atoms with van der Waals surface area (Å²) in [6, 6.07) is 12.4. The van der Waals surface area contributed by atoms with Gasteiger partial charge in [0.2, 0.25) is 11.7 Å². The van der Waals surface area contributed by atoms with Gasteiger partial charge in [-0.05, 0) is 43.3 Å². The molecule has 0 saturated carbocycles. The van der Waals surface area contributed by atoms with Crippen LogP contribution >= 0.6 is 0 Å². The molecule has 0 bridgehead atoms. The van der Waals surface area contributed by atoms with E-state index in [2.05, 4.69) is 10.5 Å². The van der Waals surface area contributed by atoms with Crippen LogP contribution in [0.1, 0.15) is 12.6 Å². The fraction of sp³-hybridized carbons (Fsp3) is 0.222. The minimum atomic E-state index is -0.251. The second kappa shape index (κ2) is 8.16. The number of ether oxygens (including phenoxy) is 2. The summed E-state index contributed by atoms with van der Waals surface area (Å²) in [6.45, 7) is 2.60. The van der Waals surface area contributed by atoms with Gasteiger partial charge in [-0.2, -0.15) is 0 Å². The number of anilines is 1. The van der Waals surface area contributed by atoms with Crippen LogP contribution in [0.3, 0.4) is 0 Å². The van der Waals surface area contributed by atoms with E-state index in [1.54, 1.807) is 48.7 Å². The molecule has 7 heteroatoms. The molecule has 7 nitrogen and oxygen atoms in total. The van der Waals surface area contributed by atoms with Crippen LogP contribution in [0.25, 0.3) is 11.5 Å². The molecule has 130 valence electrons. The number of hydrogen-bond acceptors (Lipinski definition) is 6. The van der Waals surface area contributed by atoms with Crippen LogP contribution in [0.5, 0.6) is 5.75 Å². The van der Waals surface area contributed by atoms with E-state index in [1.165, 1.54) is 0 Å². The zero-order chi connectivity index (χ0) is 17.5. The van der Waals surface area contributed by atoms with Gasteiger partial charge in [-0.3, -0.25) is 4.79 Å². The number of hydrogen-bond donors (Lipinski definition) is 1. The van der Waals surface area contributed by atoms with E-state index in [0.29, 0.717) is 29.5 Å². The Balaban J connectivity index is 1.43. The topological polar surface area (TPSA) is 86.7 Å². The number of aromatic nitrogens is 1. The molecule has 25 heavy (non-hydrogen) atoms. The lowest BCUT2D eigenvalue weighted by Gasteiger charge is -2.07. The molecule has 2 heterocycles. The van der Waals surface area contributed by atoms with Crippen LogP contribution in [-0.4, -0.2) is 24.3 Å². The van der Waals surface area contributed by atoms with E-state index in [4.69, 9.17) is 18.4 Å². The zero-order valence-electron chi connectivity index (χ0n) is 13.7. The molecule has 0 fully saturated rings. The normalized spacial score (nSPS) is 10.6. The molecule has 0 atom stereocenters. The molecule has 3 aromatic rings. The third kappa shape index (κ3) is 4.71.